The van der Waals surface area contributed by atoms with Crippen LogP contribution in [0.1, 0.15) is 5.56 Å². The monoisotopic (exact) mass is 549 g/mol. The molecule has 0 unspecified atom stereocenters. The molecule has 2 aromatic heterocycles. The van der Waals surface area contributed by atoms with E-state index in [1.54, 1.807) is 12.3 Å². The highest BCUT2D eigenvalue weighted by atomic mass is 79.9. The molecule has 0 saturated heterocycles. The van der Waals surface area contributed by atoms with Gasteiger partial charge in [0.1, 0.15) is 10.3 Å². The van der Waals surface area contributed by atoms with Gasteiger partial charge in [-0.15, -0.1) is 11.3 Å². The minimum atomic E-state index is -3.84. The summed E-state index contributed by atoms with van der Waals surface area (Å²) in [7, 11) is -3.84. The molecule has 3 aromatic rings. The SMILES string of the molecule is O=C(Nc1ncc(Br)s1)[C@@H](Cc1ccccc1)NS(=O)(=O)c1ccc(Br)s1. The van der Waals surface area contributed by atoms with Gasteiger partial charge in [-0.05, 0) is 56.0 Å². The largest absolute Gasteiger partial charge is 0.301 e. The molecule has 1 aromatic carbocycles. The van der Waals surface area contributed by atoms with Gasteiger partial charge < -0.3 is 5.32 Å². The number of thiazole rings is 1. The maximum absolute atomic E-state index is 12.7. The summed E-state index contributed by atoms with van der Waals surface area (Å²) < 4.78 is 29.5. The number of halogens is 2. The molecule has 0 aliphatic heterocycles. The van der Waals surface area contributed by atoms with Crippen LogP contribution in [0.2, 0.25) is 0 Å². The molecule has 0 fully saturated rings. The van der Waals surface area contributed by atoms with Gasteiger partial charge in [0.2, 0.25) is 5.91 Å². The van der Waals surface area contributed by atoms with Crippen LogP contribution in [0.25, 0.3) is 0 Å². The molecular formula is C16H13Br2N3O3S3. The minimum Gasteiger partial charge on any atom is -0.301 e. The number of benzene rings is 1. The summed E-state index contributed by atoms with van der Waals surface area (Å²) in [6, 6.07) is 11.4. The number of anilines is 1. The molecule has 2 N–H and O–H groups in total. The minimum absolute atomic E-state index is 0.136. The zero-order chi connectivity index (χ0) is 19.4. The van der Waals surface area contributed by atoms with Crippen LogP contribution >= 0.6 is 54.5 Å². The van der Waals surface area contributed by atoms with Crippen LogP contribution in [0.5, 0.6) is 0 Å². The molecule has 27 heavy (non-hydrogen) atoms. The van der Waals surface area contributed by atoms with Crippen molar-refractivity contribution in [2.24, 2.45) is 0 Å². The third kappa shape index (κ3) is 5.69. The van der Waals surface area contributed by atoms with Crippen molar-refractivity contribution >= 4 is 75.6 Å². The van der Waals surface area contributed by atoms with E-state index in [9.17, 15) is 13.2 Å². The van der Waals surface area contributed by atoms with Crippen LogP contribution < -0.4 is 10.0 Å². The molecule has 0 saturated carbocycles. The van der Waals surface area contributed by atoms with Gasteiger partial charge >= 0.3 is 0 Å². The lowest BCUT2D eigenvalue weighted by atomic mass is 10.1. The predicted molar refractivity (Wildman–Crippen MR) is 115 cm³/mol. The van der Waals surface area contributed by atoms with E-state index in [4.69, 9.17) is 0 Å². The van der Waals surface area contributed by atoms with Gasteiger partial charge in [-0.25, -0.2) is 13.4 Å². The number of nitrogens with zero attached hydrogens (tertiary/aromatic N) is 1. The Kier molecular flexibility index (Phi) is 6.82. The van der Waals surface area contributed by atoms with Crippen LogP contribution in [0, 0.1) is 0 Å². The molecule has 11 heteroatoms. The van der Waals surface area contributed by atoms with Crippen molar-refractivity contribution < 1.29 is 13.2 Å². The van der Waals surface area contributed by atoms with Crippen molar-refractivity contribution in [3.05, 3.63) is 61.8 Å². The Bertz CT molecular complexity index is 1040. The molecule has 3 rings (SSSR count). The van der Waals surface area contributed by atoms with Crippen molar-refractivity contribution in [3.63, 3.8) is 0 Å². The van der Waals surface area contributed by atoms with Gasteiger partial charge in [0.25, 0.3) is 10.0 Å². The Balaban J connectivity index is 1.83. The summed E-state index contributed by atoms with van der Waals surface area (Å²) in [5, 5.41) is 3.06. The Morgan fingerprint density at radius 1 is 1.07 bits per heavy atom. The molecule has 6 nitrogen and oxygen atoms in total. The maximum atomic E-state index is 12.7. The number of carbonyl (C=O) groups excluding carboxylic acids is 1. The maximum Gasteiger partial charge on any atom is 0.250 e. The summed E-state index contributed by atoms with van der Waals surface area (Å²) in [4.78, 5) is 16.8. The molecule has 0 bridgehead atoms. The van der Waals surface area contributed by atoms with Crippen molar-refractivity contribution in [2.45, 2.75) is 16.7 Å². The van der Waals surface area contributed by atoms with Gasteiger partial charge in [-0.1, -0.05) is 41.7 Å². The molecular weight excluding hydrogens is 538 g/mol. The van der Waals surface area contributed by atoms with Crippen LogP contribution in [-0.2, 0) is 21.2 Å². The number of sulfonamides is 1. The first-order chi connectivity index (χ1) is 12.8. The standard InChI is InChI=1S/C16H13Br2N3O3S3/c17-12-6-7-14(25-12)27(23,24)21-11(8-10-4-2-1-3-5-10)15(22)20-16-19-9-13(18)26-16/h1-7,9,11,21H,8H2,(H,19,20,22)/t11-/m1/s1. The normalized spacial score (nSPS) is 12.7. The number of aromatic nitrogens is 1. The van der Waals surface area contributed by atoms with Crippen molar-refractivity contribution in [1.82, 2.24) is 9.71 Å². The quantitative estimate of drug-likeness (QED) is 0.460. The van der Waals surface area contributed by atoms with Crippen molar-refractivity contribution in [2.75, 3.05) is 5.32 Å². The summed E-state index contributed by atoms with van der Waals surface area (Å²) >= 11 is 8.87. The Morgan fingerprint density at radius 3 is 2.41 bits per heavy atom. The smallest absolute Gasteiger partial charge is 0.250 e. The molecule has 0 aliphatic rings. The van der Waals surface area contributed by atoms with Crippen molar-refractivity contribution in [3.8, 4) is 0 Å². The van der Waals surface area contributed by atoms with E-state index in [1.165, 1.54) is 17.4 Å². The average molecular weight is 551 g/mol. The average Bonchev–Trinajstić information content (AvgIpc) is 3.24. The Morgan fingerprint density at radius 2 is 1.81 bits per heavy atom. The highest BCUT2D eigenvalue weighted by molar-refractivity contribution is 9.11. The first-order valence-corrected chi connectivity index (χ1v) is 12.3. The number of hydrogen-bond acceptors (Lipinski definition) is 6. The van der Waals surface area contributed by atoms with Gasteiger partial charge in [-0.3, -0.25) is 4.79 Å². The van der Waals surface area contributed by atoms with E-state index in [0.29, 0.717) is 8.92 Å². The molecule has 1 amide bonds. The molecule has 1 atom stereocenters. The van der Waals surface area contributed by atoms with E-state index in [1.807, 2.05) is 30.3 Å². The number of carbonyl (C=O) groups is 1. The van der Waals surface area contributed by atoms with Crippen LogP contribution in [0.15, 0.2) is 60.4 Å². The van der Waals surface area contributed by atoms with E-state index in [2.05, 4.69) is 46.9 Å². The lowest BCUT2D eigenvalue weighted by Gasteiger charge is -2.17. The van der Waals surface area contributed by atoms with Gasteiger partial charge in [0.05, 0.1) is 13.8 Å². The summed E-state index contributed by atoms with van der Waals surface area (Å²) in [6.07, 6.45) is 1.78. The molecule has 2 heterocycles. The number of rotatable bonds is 7. The van der Waals surface area contributed by atoms with E-state index >= 15 is 0 Å². The topological polar surface area (TPSA) is 88.2 Å². The summed E-state index contributed by atoms with van der Waals surface area (Å²) in [5.74, 6) is -0.472. The van der Waals surface area contributed by atoms with E-state index in [-0.39, 0.29) is 10.6 Å². The third-order valence-corrected chi connectivity index (χ3v) is 8.40. The zero-order valence-corrected chi connectivity index (χ0v) is 19.2. The first kappa shape index (κ1) is 20.6. The van der Waals surface area contributed by atoms with Gasteiger partial charge in [-0.2, -0.15) is 4.72 Å². The number of nitrogens with one attached hydrogen (secondary N) is 2. The first-order valence-electron chi connectivity index (χ1n) is 7.57. The molecule has 0 radical (unpaired) electrons. The zero-order valence-electron chi connectivity index (χ0n) is 13.6. The number of amides is 1. The molecule has 142 valence electrons. The van der Waals surface area contributed by atoms with Crippen LogP contribution in [0.4, 0.5) is 5.13 Å². The highest BCUT2D eigenvalue weighted by Gasteiger charge is 2.27. The third-order valence-electron chi connectivity index (χ3n) is 3.42. The molecule has 0 aliphatic carbocycles. The fraction of sp³-hybridized carbons (Fsp3) is 0.125. The molecule has 0 spiro atoms. The van der Waals surface area contributed by atoms with Crippen LogP contribution in [0.3, 0.4) is 0 Å². The van der Waals surface area contributed by atoms with Crippen LogP contribution in [-0.4, -0.2) is 25.4 Å². The highest BCUT2D eigenvalue weighted by Crippen LogP contribution is 2.27. The Hall–Kier alpha value is -1.11. The lowest BCUT2D eigenvalue weighted by Crippen LogP contribution is -2.45. The van der Waals surface area contributed by atoms with Crippen molar-refractivity contribution in [1.29, 1.82) is 0 Å². The second kappa shape index (κ2) is 8.93. The fourth-order valence-corrected chi connectivity index (χ4v) is 6.56. The van der Waals surface area contributed by atoms with E-state index in [0.717, 1.165) is 20.7 Å². The second-order valence-electron chi connectivity index (χ2n) is 5.38. The fourth-order valence-electron chi connectivity index (χ4n) is 2.23. The van der Waals surface area contributed by atoms with Gasteiger partial charge in [0, 0.05) is 0 Å². The summed E-state index contributed by atoms with van der Waals surface area (Å²) in [6.45, 7) is 0. The van der Waals surface area contributed by atoms with E-state index < -0.39 is 22.0 Å². The lowest BCUT2D eigenvalue weighted by molar-refractivity contribution is -0.117. The summed E-state index contributed by atoms with van der Waals surface area (Å²) in [5.41, 5.74) is 0.841. The number of thiophene rings is 1. The van der Waals surface area contributed by atoms with Gasteiger partial charge in [0.15, 0.2) is 5.13 Å². The number of hydrogen-bond donors (Lipinski definition) is 2. The second-order valence-corrected chi connectivity index (χ2v) is 12.2. The predicted octanol–water partition coefficient (Wildman–Crippen LogP) is 4.26. The Labute approximate surface area is 181 Å².